The first-order chi connectivity index (χ1) is 28.0. The molecule has 0 fully saturated rings. The Hall–Kier alpha value is -4.43. The third kappa shape index (κ3) is 13.3. The van der Waals surface area contributed by atoms with Crippen LogP contribution in [0.5, 0.6) is 0 Å². The second-order valence-corrected chi connectivity index (χ2v) is 30.5. The lowest BCUT2D eigenvalue weighted by atomic mass is 10.1. The number of benzene rings is 2. The van der Waals surface area contributed by atoms with Crippen molar-refractivity contribution < 1.29 is 0 Å². The fourth-order valence-corrected chi connectivity index (χ4v) is 20.0. The fraction of sp³-hybridized carbons (Fsp3) is 0.536. The molecule has 0 N–H and O–H groups in total. The SMILES string of the molecule is CC(C)N(c1ccc(C#C/C(C#CC#C[Si](C(C)C)(C(C)C)C(C)C)=C(/C#CC#C[Si](C(C)C)(C(C)C)C(C)C)C#Cc2ccc(N(C(C)C)C(C)C)cc2)cc1)C(C)C. The van der Waals surface area contributed by atoms with Gasteiger partial charge in [-0.25, -0.2) is 0 Å². The zero-order chi connectivity index (χ0) is 45.5. The van der Waals surface area contributed by atoms with Crippen molar-refractivity contribution in [3.05, 3.63) is 70.8 Å². The van der Waals surface area contributed by atoms with Crippen molar-refractivity contribution >= 4 is 27.5 Å². The highest BCUT2D eigenvalue weighted by Gasteiger charge is 2.42. The van der Waals surface area contributed by atoms with E-state index in [4.69, 9.17) is 0 Å². The number of allylic oxidation sites excluding steroid dienone is 2. The Labute approximate surface area is 372 Å². The van der Waals surface area contributed by atoms with Crippen LogP contribution in [0.2, 0.25) is 33.2 Å². The summed E-state index contributed by atoms with van der Waals surface area (Å²) in [5, 5.41) is 0. The third-order valence-electron chi connectivity index (χ3n) is 12.3. The van der Waals surface area contributed by atoms with E-state index >= 15 is 0 Å². The molecule has 0 heterocycles. The van der Waals surface area contributed by atoms with Crippen molar-refractivity contribution in [3.8, 4) is 70.3 Å². The minimum absolute atomic E-state index is 0.384. The minimum Gasteiger partial charge on any atom is -0.367 e. The van der Waals surface area contributed by atoms with Gasteiger partial charge < -0.3 is 9.80 Å². The summed E-state index contributed by atoms with van der Waals surface area (Å²) in [4.78, 5) is 4.83. The highest BCUT2D eigenvalue weighted by atomic mass is 28.3. The Morgan fingerprint density at radius 3 is 0.817 bits per heavy atom. The topological polar surface area (TPSA) is 6.48 Å². The second kappa shape index (κ2) is 23.5. The molecule has 60 heavy (non-hydrogen) atoms. The molecule has 0 saturated heterocycles. The molecule has 0 saturated carbocycles. The van der Waals surface area contributed by atoms with Gasteiger partial charge in [0.25, 0.3) is 0 Å². The quantitative estimate of drug-likeness (QED) is 0.155. The van der Waals surface area contributed by atoms with Crippen LogP contribution in [-0.2, 0) is 0 Å². The van der Waals surface area contributed by atoms with E-state index < -0.39 is 16.1 Å². The summed E-state index contributed by atoms with van der Waals surface area (Å²) in [6.45, 7) is 45.8. The van der Waals surface area contributed by atoms with Gasteiger partial charge in [0.15, 0.2) is 0 Å². The van der Waals surface area contributed by atoms with Gasteiger partial charge in [0, 0.05) is 46.7 Å². The molecule has 0 aliphatic carbocycles. The third-order valence-corrected chi connectivity index (χ3v) is 24.8. The van der Waals surface area contributed by atoms with Crippen LogP contribution in [0.4, 0.5) is 11.4 Å². The maximum atomic E-state index is 3.77. The summed E-state index contributed by atoms with van der Waals surface area (Å²) in [6.07, 6.45) is 0. The Kier molecular flexibility index (Phi) is 20.3. The van der Waals surface area contributed by atoms with Crippen molar-refractivity contribution in [1.82, 2.24) is 0 Å². The first-order valence-electron chi connectivity index (χ1n) is 22.7. The predicted molar refractivity (Wildman–Crippen MR) is 272 cm³/mol. The first kappa shape index (κ1) is 51.7. The molecule has 0 radical (unpaired) electrons. The van der Waals surface area contributed by atoms with E-state index in [-0.39, 0.29) is 0 Å². The molecule has 4 heteroatoms. The van der Waals surface area contributed by atoms with E-state index in [9.17, 15) is 0 Å². The van der Waals surface area contributed by atoms with Crippen LogP contribution in [0.1, 0.15) is 150 Å². The van der Waals surface area contributed by atoms with Crippen molar-refractivity contribution in [1.29, 1.82) is 0 Å². The predicted octanol–water partition coefficient (Wildman–Crippen LogP) is 14.1. The summed E-state index contributed by atoms with van der Waals surface area (Å²) in [5.74, 6) is 33.7. The Morgan fingerprint density at radius 2 is 0.600 bits per heavy atom. The molecular weight excluding hydrogens is 757 g/mol. The van der Waals surface area contributed by atoms with Crippen LogP contribution in [-0.4, -0.2) is 40.3 Å². The summed E-state index contributed by atoms with van der Waals surface area (Å²) < 4.78 is 0. The molecule has 0 unspecified atom stereocenters. The van der Waals surface area contributed by atoms with Gasteiger partial charge in [-0.2, -0.15) is 0 Å². The molecule has 0 bridgehead atoms. The van der Waals surface area contributed by atoms with Crippen LogP contribution >= 0.6 is 0 Å². The normalized spacial score (nSPS) is 12.0. The van der Waals surface area contributed by atoms with E-state index in [1.165, 1.54) is 11.4 Å². The van der Waals surface area contributed by atoms with E-state index in [1.54, 1.807) is 0 Å². The monoisotopic (exact) mass is 835 g/mol. The minimum atomic E-state index is -1.98. The summed E-state index contributed by atoms with van der Waals surface area (Å²) >= 11 is 0. The number of nitrogens with zero attached hydrogens (tertiary/aromatic N) is 2. The largest absolute Gasteiger partial charge is 0.367 e. The zero-order valence-corrected chi connectivity index (χ0v) is 43.3. The Balaban J connectivity index is 3.05. The van der Waals surface area contributed by atoms with E-state index in [1.807, 2.05) is 0 Å². The van der Waals surface area contributed by atoms with Gasteiger partial charge in [0.2, 0.25) is 0 Å². The van der Waals surface area contributed by atoms with Gasteiger partial charge in [0.1, 0.15) is 16.1 Å². The van der Waals surface area contributed by atoms with Crippen molar-refractivity contribution in [2.45, 2.75) is 196 Å². The fourth-order valence-electron chi connectivity index (χ4n) is 9.73. The van der Waals surface area contributed by atoms with Crippen LogP contribution in [0, 0.1) is 70.3 Å². The standard InChI is InChI=1S/C56H78N2Si2/c1-41(2)57(42(3)4)55-35-29-51(30-36-55)27-33-53(25-21-23-39-59(45(9)10,46(11)12)47(13)14)54(26-22-24-40-60(48(15)16,49(17)18)50(19)20)34-28-52-31-37-56(38-32-52)58(43(5)6)44(7)8/h29-32,35-38,41-50H,1-20H3/b54-53-. The number of hydrogen-bond acceptors (Lipinski definition) is 2. The average Bonchev–Trinajstić information content (AvgIpc) is 3.13. The average molecular weight is 835 g/mol. The lowest BCUT2D eigenvalue weighted by molar-refractivity contribution is 0.608. The molecule has 0 aliphatic rings. The van der Waals surface area contributed by atoms with Crippen LogP contribution < -0.4 is 9.80 Å². The summed E-state index contributed by atoms with van der Waals surface area (Å²) in [7, 11) is -3.96. The van der Waals surface area contributed by atoms with Gasteiger partial charge in [-0.05, 0) is 173 Å². The highest BCUT2D eigenvalue weighted by Crippen LogP contribution is 2.41. The molecule has 0 aliphatic heterocycles. The Morgan fingerprint density at radius 1 is 0.350 bits per heavy atom. The zero-order valence-electron chi connectivity index (χ0n) is 41.3. The Bertz CT molecular complexity index is 1910. The number of rotatable bonds is 12. The van der Waals surface area contributed by atoms with Gasteiger partial charge >= 0.3 is 0 Å². The molecular formula is C56H78N2Si2. The van der Waals surface area contributed by atoms with Crippen LogP contribution in [0.3, 0.4) is 0 Å². The second-order valence-electron chi connectivity index (χ2n) is 19.3. The number of anilines is 2. The molecule has 0 atom stereocenters. The van der Waals surface area contributed by atoms with E-state index in [0.29, 0.717) is 68.6 Å². The number of hydrogen-bond donors (Lipinski definition) is 0. The van der Waals surface area contributed by atoms with E-state index in [0.717, 1.165) is 11.1 Å². The van der Waals surface area contributed by atoms with Crippen molar-refractivity contribution in [3.63, 3.8) is 0 Å². The van der Waals surface area contributed by atoms with Crippen LogP contribution in [0.25, 0.3) is 0 Å². The smallest absolute Gasteiger partial charge is 0.147 e. The van der Waals surface area contributed by atoms with E-state index in [2.05, 4.69) is 267 Å². The molecule has 2 rings (SSSR count). The lowest BCUT2D eigenvalue weighted by Gasteiger charge is -2.37. The maximum Gasteiger partial charge on any atom is 0.147 e. The molecule has 0 amide bonds. The van der Waals surface area contributed by atoms with Gasteiger partial charge in [0.05, 0.1) is 11.1 Å². The van der Waals surface area contributed by atoms with Gasteiger partial charge in [-0.3, -0.25) is 0 Å². The molecule has 2 nitrogen and oxygen atoms in total. The van der Waals surface area contributed by atoms with Crippen molar-refractivity contribution in [2.24, 2.45) is 0 Å². The summed E-state index contributed by atoms with van der Waals surface area (Å²) in [5.41, 5.74) is 15.9. The molecule has 0 spiro atoms. The lowest BCUT2D eigenvalue weighted by Crippen LogP contribution is -2.43. The van der Waals surface area contributed by atoms with Crippen LogP contribution in [0.15, 0.2) is 59.7 Å². The molecule has 320 valence electrons. The molecule has 2 aromatic carbocycles. The maximum absolute atomic E-state index is 3.77. The van der Waals surface area contributed by atoms with Crippen molar-refractivity contribution in [2.75, 3.05) is 9.80 Å². The highest BCUT2D eigenvalue weighted by molar-refractivity contribution is 6.91. The molecule has 0 aromatic heterocycles. The first-order valence-corrected chi connectivity index (χ1v) is 27.1. The summed E-state index contributed by atoms with van der Waals surface area (Å²) in [6, 6.07) is 18.5. The van der Waals surface area contributed by atoms with Gasteiger partial charge in [-0.1, -0.05) is 107 Å². The molecule has 2 aromatic rings. The van der Waals surface area contributed by atoms with Gasteiger partial charge in [-0.15, -0.1) is 11.1 Å².